The Hall–Kier alpha value is -3.86. The number of para-hydroxylation sites is 1. The lowest BCUT2D eigenvalue weighted by Gasteiger charge is -2.15. The zero-order valence-electron chi connectivity index (χ0n) is 16.6. The molecule has 0 spiro atoms. The number of nitrogens with one attached hydrogen (secondary N) is 2. The molecule has 1 amide bonds. The molecule has 0 unspecified atom stereocenters. The van der Waals surface area contributed by atoms with Gasteiger partial charge in [-0.15, -0.1) is 0 Å². The highest BCUT2D eigenvalue weighted by atomic mass is 16.5. The first-order chi connectivity index (χ1) is 14.7. The first-order valence-corrected chi connectivity index (χ1v) is 9.75. The van der Waals surface area contributed by atoms with E-state index in [1.165, 1.54) is 13.2 Å². The fourth-order valence-electron chi connectivity index (χ4n) is 3.64. The van der Waals surface area contributed by atoms with Gasteiger partial charge < -0.3 is 15.0 Å². The number of ether oxygens (including phenoxy) is 1. The van der Waals surface area contributed by atoms with E-state index in [0.717, 1.165) is 32.8 Å². The molecule has 3 aromatic carbocycles. The van der Waals surface area contributed by atoms with E-state index in [2.05, 4.69) is 10.3 Å². The Morgan fingerprint density at radius 2 is 1.73 bits per heavy atom. The van der Waals surface area contributed by atoms with Gasteiger partial charge in [0.15, 0.2) is 0 Å². The van der Waals surface area contributed by atoms with Crippen molar-refractivity contribution in [3.8, 4) is 0 Å². The van der Waals surface area contributed by atoms with Crippen LogP contribution in [0.15, 0.2) is 79.0 Å². The van der Waals surface area contributed by atoms with Crippen molar-refractivity contribution >= 4 is 39.6 Å². The maximum absolute atomic E-state index is 12.6. The van der Waals surface area contributed by atoms with Gasteiger partial charge in [0.2, 0.25) is 5.91 Å². The van der Waals surface area contributed by atoms with Crippen molar-refractivity contribution in [2.24, 2.45) is 0 Å². The van der Waals surface area contributed by atoms with Gasteiger partial charge in [0.05, 0.1) is 7.11 Å². The van der Waals surface area contributed by atoms with Crippen LogP contribution in [0.3, 0.4) is 0 Å². The summed E-state index contributed by atoms with van der Waals surface area (Å²) in [6, 6.07) is 21.0. The molecule has 4 rings (SSSR count). The molecule has 150 valence electrons. The number of H-pyrrole nitrogens is 1. The number of carbonyl (C=O) groups is 2. The second-order valence-corrected chi connectivity index (χ2v) is 7.05. The van der Waals surface area contributed by atoms with Gasteiger partial charge in [-0.3, -0.25) is 4.79 Å². The molecular formula is C25H22N2O3. The molecule has 1 atom stereocenters. The molecule has 4 aromatic rings. The lowest BCUT2D eigenvalue weighted by molar-refractivity contribution is -0.144. The lowest BCUT2D eigenvalue weighted by atomic mass is 10.0. The van der Waals surface area contributed by atoms with Crippen molar-refractivity contribution in [2.45, 2.75) is 12.5 Å². The average Bonchev–Trinajstić information content (AvgIpc) is 3.19. The zero-order chi connectivity index (χ0) is 20.9. The molecule has 5 nitrogen and oxygen atoms in total. The summed E-state index contributed by atoms with van der Waals surface area (Å²) in [5.41, 5.74) is 2.87. The number of methoxy groups -OCH3 is 1. The van der Waals surface area contributed by atoms with Crippen LogP contribution in [-0.2, 0) is 20.7 Å². The highest BCUT2D eigenvalue weighted by molar-refractivity contribution is 5.98. The Labute approximate surface area is 174 Å². The van der Waals surface area contributed by atoms with E-state index in [1.807, 2.05) is 72.9 Å². The van der Waals surface area contributed by atoms with Crippen molar-refractivity contribution in [3.63, 3.8) is 0 Å². The number of aromatic amines is 1. The van der Waals surface area contributed by atoms with Crippen LogP contribution in [0.25, 0.3) is 27.8 Å². The number of benzene rings is 3. The lowest BCUT2D eigenvalue weighted by Crippen LogP contribution is -2.42. The van der Waals surface area contributed by atoms with Gasteiger partial charge in [-0.05, 0) is 34.0 Å². The SMILES string of the molecule is COC(=O)[C@@H](Cc1c[nH]c2ccccc12)NC(=O)/C=C/c1cccc2ccccc12. The minimum Gasteiger partial charge on any atom is -0.467 e. The summed E-state index contributed by atoms with van der Waals surface area (Å²) in [4.78, 5) is 28.0. The number of carbonyl (C=O) groups excluding carboxylic acids is 2. The van der Waals surface area contributed by atoms with E-state index < -0.39 is 12.0 Å². The van der Waals surface area contributed by atoms with Gasteiger partial charge in [0.1, 0.15) is 6.04 Å². The second-order valence-electron chi connectivity index (χ2n) is 7.05. The summed E-state index contributed by atoms with van der Waals surface area (Å²) >= 11 is 0. The predicted octanol–water partition coefficient (Wildman–Crippen LogP) is 4.23. The van der Waals surface area contributed by atoms with Crippen LogP contribution in [0.5, 0.6) is 0 Å². The van der Waals surface area contributed by atoms with Crippen molar-refractivity contribution < 1.29 is 14.3 Å². The number of rotatable bonds is 6. The predicted molar refractivity (Wildman–Crippen MR) is 119 cm³/mol. The van der Waals surface area contributed by atoms with Gasteiger partial charge in [0.25, 0.3) is 0 Å². The molecule has 0 aliphatic heterocycles. The standard InChI is InChI=1S/C25H22N2O3/c1-30-25(29)23(15-19-16-26-22-12-5-4-11-21(19)22)27-24(28)14-13-18-9-6-8-17-7-2-3-10-20(17)18/h2-14,16,23,26H,15H2,1H3,(H,27,28)/b14-13+/t23-/m1/s1. The first-order valence-electron chi connectivity index (χ1n) is 9.75. The zero-order valence-corrected chi connectivity index (χ0v) is 16.6. The number of hydrogen-bond acceptors (Lipinski definition) is 3. The fourth-order valence-corrected chi connectivity index (χ4v) is 3.64. The van der Waals surface area contributed by atoms with Gasteiger partial charge in [0, 0.05) is 29.6 Å². The van der Waals surface area contributed by atoms with Crippen LogP contribution < -0.4 is 5.32 Å². The largest absolute Gasteiger partial charge is 0.467 e. The van der Waals surface area contributed by atoms with E-state index in [9.17, 15) is 9.59 Å². The summed E-state index contributed by atoms with van der Waals surface area (Å²) in [6.45, 7) is 0. The normalized spacial score (nSPS) is 12.3. The first kappa shape index (κ1) is 19.5. The highest BCUT2D eigenvalue weighted by Gasteiger charge is 2.22. The summed E-state index contributed by atoms with van der Waals surface area (Å²) in [5.74, 6) is -0.828. The Kier molecular flexibility index (Phi) is 5.61. The minimum absolute atomic E-state index is 0.338. The van der Waals surface area contributed by atoms with Gasteiger partial charge >= 0.3 is 5.97 Å². The number of esters is 1. The summed E-state index contributed by atoms with van der Waals surface area (Å²) in [6.07, 6.45) is 5.41. The number of fused-ring (bicyclic) bond motifs is 2. The molecule has 0 fully saturated rings. The molecule has 0 saturated heterocycles. The van der Waals surface area contributed by atoms with Crippen molar-refractivity contribution in [2.75, 3.05) is 7.11 Å². The van der Waals surface area contributed by atoms with E-state index in [1.54, 1.807) is 6.08 Å². The third kappa shape index (κ3) is 4.10. The van der Waals surface area contributed by atoms with Crippen LogP contribution in [0, 0.1) is 0 Å². The smallest absolute Gasteiger partial charge is 0.328 e. The van der Waals surface area contributed by atoms with Crippen LogP contribution in [0.1, 0.15) is 11.1 Å². The Balaban J connectivity index is 1.52. The molecule has 1 aromatic heterocycles. The Bertz CT molecular complexity index is 1230. The molecule has 0 aliphatic carbocycles. The number of hydrogen-bond donors (Lipinski definition) is 2. The van der Waals surface area contributed by atoms with Crippen molar-refractivity contribution in [3.05, 3.63) is 90.1 Å². The molecule has 2 N–H and O–H groups in total. The molecule has 0 saturated carbocycles. The summed E-state index contributed by atoms with van der Waals surface area (Å²) < 4.78 is 4.91. The molecule has 1 heterocycles. The van der Waals surface area contributed by atoms with E-state index in [4.69, 9.17) is 4.74 Å². The number of amides is 1. The van der Waals surface area contributed by atoms with Crippen molar-refractivity contribution in [1.82, 2.24) is 10.3 Å². The maximum Gasteiger partial charge on any atom is 0.328 e. The quantitative estimate of drug-likeness (QED) is 0.377. The Morgan fingerprint density at radius 1 is 1.00 bits per heavy atom. The maximum atomic E-state index is 12.6. The van der Waals surface area contributed by atoms with Gasteiger partial charge in [-0.25, -0.2) is 4.79 Å². The summed E-state index contributed by atoms with van der Waals surface area (Å²) in [7, 11) is 1.32. The fraction of sp³-hybridized carbons (Fsp3) is 0.120. The van der Waals surface area contributed by atoms with Gasteiger partial charge in [-0.1, -0.05) is 60.7 Å². The van der Waals surface area contributed by atoms with Crippen LogP contribution in [0.2, 0.25) is 0 Å². The second kappa shape index (κ2) is 8.66. The minimum atomic E-state index is -0.779. The molecule has 30 heavy (non-hydrogen) atoms. The third-order valence-corrected chi connectivity index (χ3v) is 5.14. The monoisotopic (exact) mass is 398 g/mol. The molecule has 0 bridgehead atoms. The van der Waals surface area contributed by atoms with E-state index >= 15 is 0 Å². The van der Waals surface area contributed by atoms with Crippen LogP contribution in [0.4, 0.5) is 0 Å². The van der Waals surface area contributed by atoms with Crippen LogP contribution in [-0.4, -0.2) is 30.0 Å². The van der Waals surface area contributed by atoms with Gasteiger partial charge in [-0.2, -0.15) is 0 Å². The number of aromatic nitrogens is 1. The molecular weight excluding hydrogens is 376 g/mol. The molecule has 0 radical (unpaired) electrons. The molecule has 0 aliphatic rings. The van der Waals surface area contributed by atoms with Crippen LogP contribution >= 0.6 is 0 Å². The van der Waals surface area contributed by atoms with E-state index in [0.29, 0.717) is 6.42 Å². The topological polar surface area (TPSA) is 71.2 Å². The van der Waals surface area contributed by atoms with E-state index in [-0.39, 0.29) is 5.91 Å². The Morgan fingerprint density at radius 3 is 2.57 bits per heavy atom. The third-order valence-electron chi connectivity index (χ3n) is 5.14. The van der Waals surface area contributed by atoms with Crippen molar-refractivity contribution in [1.29, 1.82) is 0 Å². The average molecular weight is 398 g/mol. The highest BCUT2D eigenvalue weighted by Crippen LogP contribution is 2.20. The molecule has 5 heteroatoms. The summed E-state index contributed by atoms with van der Waals surface area (Å²) in [5, 5.41) is 5.96.